The Bertz CT molecular complexity index is 1070. The molecule has 186 valence electrons. The van der Waals surface area contributed by atoms with E-state index in [9.17, 15) is 33.2 Å². The standard InChI is InChI=1S/C21H24B2F2N2O8/c24-17-6-4-13(10-15(17)22(32)33)20(30)26-8-2-1-3-9-27(12-19(28)29)21(31)14-5-7-18(25)16(11-14)23(34)35/h4-7,10-11,32-35H,1-3,8-9,12H2,(H,26,30)(H,28,29). The summed E-state index contributed by atoms with van der Waals surface area (Å²) in [7, 11) is -4.20. The van der Waals surface area contributed by atoms with Gasteiger partial charge in [0.25, 0.3) is 11.8 Å². The normalized spacial score (nSPS) is 10.6. The second-order valence-electron chi connectivity index (χ2n) is 7.66. The number of amides is 2. The molecule has 0 spiro atoms. The van der Waals surface area contributed by atoms with Gasteiger partial charge < -0.3 is 35.4 Å². The topological polar surface area (TPSA) is 168 Å². The van der Waals surface area contributed by atoms with Gasteiger partial charge in [0, 0.05) is 35.1 Å². The molecule has 2 aromatic rings. The van der Waals surface area contributed by atoms with E-state index in [4.69, 9.17) is 15.2 Å². The van der Waals surface area contributed by atoms with Crippen LogP contribution in [0.5, 0.6) is 0 Å². The Morgan fingerprint density at radius 3 is 1.91 bits per heavy atom. The first-order valence-corrected chi connectivity index (χ1v) is 10.6. The Hall–Kier alpha value is -3.32. The van der Waals surface area contributed by atoms with Crippen LogP contribution in [0.4, 0.5) is 8.78 Å². The van der Waals surface area contributed by atoms with Crippen molar-refractivity contribution in [2.45, 2.75) is 19.3 Å². The van der Waals surface area contributed by atoms with Crippen molar-refractivity contribution >= 4 is 42.9 Å². The number of rotatable bonds is 12. The molecular formula is C21H24B2F2N2O8. The average molecular weight is 492 g/mol. The fourth-order valence-corrected chi connectivity index (χ4v) is 3.26. The average Bonchev–Trinajstić information content (AvgIpc) is 2.79. The predicted molar refractivity (Wildman–Crippen MR) is 122 cm³/mol. The highest BCUT2D eigenvalue weighted by molar-refractivity contribution is 6.59. The third-order valence-corrected chi connectivity index (χ3v) is 5.06. The first-order chi connectivity index (χ1) is 16.5. The van der Waals surface area contributed by atoms with Crippen LogP contribution in [0.1, 0.15) is 40.0 Å². The van der Waals surface area contributed by atoms with Crippen LogP contribution >= 0.6 is 0 Å². The second kappa shape index (κ2) is 13.0. The van der Waals surface area contributed by atoms with E-state index in [-0.39, 0.29) is 24.2 Å². The first kappa shape index (κ1) is 27.9. The molecule has 6 N–H and O–H groups in total. The molecule has 0 saturated carbocycles. The van der Waals surface area contributed by atoms with Crippen molar-refractivity contribution < 1.29 is 48.4 Å². The molecule has 35 heavy (non-hydrogen) atoms. The molecule has 0 aliphatic carbocycles. The number of carbonyl (C=O) groups is 3. The van der Waals surface area contributed by atoms with Gasteiger partial charge in [-0.1, -0.05) is 0 Å². The Labute approximate surface area is 200 Å². The van der Waals surface area contributed by atoms with Gasteiger partial charge in [-0.3, -0.25) is 14.4 Å². The Morgan fingerprint density at radius 1 is 0.829 bits per heavy atom. The third-order valence-electron chi connectivity index (χ3n) is 5.06. The number of carboxylic acid groups (broad SMARTS) is 1. The van der Waals surface area contributed by atoms with Gasteiger partial charge in [0.1, 0.15) is 18.2 Å². The lowest BCUT2D eigenvalue weighted by Crippen LogP contribution is -2.38. The predicted octanol–water partition coefficient (Wildman–Crippen LogP) is -1.55. The van der Waals surface area contributed by atoms with Gasteiger partial charge in [0.15, 0.2) is 0 Å². The van der Waals surface area contributed by atoms with E-state index in [0.29, 0.717) is 19.3 Å². The Kier molecular flexibility index (Phi) is 10.3. The van der Waals surface area contributed by atoms with E-state index in [0.717, 1.165) is 35.2 Å². The highest BCUT2D eigenvalue weighted by Gasteiger charge is 2.23. The van der Waals surface area contributed by atoms with Crippen LogP contribution in [-0.4, -0.2) is 81.8 Å². The van der Waals surface area contributed by atoms with E-state index in [1.54, 1.807) is 0 Å². The fourth-order valence-electron chi connectivity index (χ4n) is 3.26. The smallest absolute Gasteiger partial charge is 0.480 e. The molecule has 2 aromatic carbocycles. The summed E-state index contributed by atoms with van der Waals surface area (Å²) < 4.78 is 27.1. The van der Waals surface area contributed by atoms with Crippen molar-refractivity contribution in [3.8, 4) is 0 Å². The minimum Gasteiger partial charge on any atom is -0.480 e. The Morgan fingerprint density at radius 2 is 1.37 bits per heavy atom. The molecule has 0 aliphatic heterocycles. The van der Waals surface area contributed by atoms with E-state index in [1.807, 2.05) is 0 Å². The molecule has 0 atom stereocenters. The van der Waals surface area contributed by atoms with Crippen LogP contribution in [0, 0.1) is 11.6 Å². The van der Waals surface area contributed by atoms with Crippen LogP contribution in [-0.2, 0) is 4.79 Å². The van der Waals surface area contributed by atoms with E-state index in [2.05, 4.69) is 5.32 Å². The monoisotopic (exact) mass is 492 g/mol. The van der Waals surface area contributed by atoms with Crippen molar-refractivity contribution in [1.82, 2.24) is 10.2 Å². The molecular weight excluding hydrogens is 468 g/mol. The summed E-state index contributed by atoms with van der Waals surface area (Å²) in [4.78, 5) is 37.1. The molecule has 0 heterocycles. The van der Waals surface area contributed by atoms with Crippen molar-refractivity contribution in [1.29, 1.82) is 0 Å². The van der Waals surface area contributed by atoms with Gasteiger partial charge in [0.05, 0.1) is 0 Å². The van der Waals surface area contributed by atoms with Crippen molar-refractivity contribution in [2.24, 2.45) is 0 Å². The molecule has 0 saturated heterocycles. The molecule has 2 rings (SSSR count). The van der Waals surface area contributed by atoms with Gasteiger partial charge >= 0.3 is 20.2 Å². The maximum atomic E-state index is 13.6. The number of carbonyl (C=O) groups excluding carboxylic acids is 2. The lowest BCUT2D eigenvalue weighted by Gasteiger charge is -2.21. The molecule has 0 fully saturated rings. The SMILES string of the molecule is O=C(O)CN(CCCCCNC(=O)c1ccc(F)c(B(O)O)c1)C(=O)c1ccc(F)c(B(O)O)c1. The van der Waals surface area contributed by atoms with Crippen LogP contribution in [0.25, 0.3) is 0 Å². The Balaban J connectivity index is 1.87. The van der Waals surface area contributed by atoms with Gasteiger partial charge in [-0.2, -0.15) is 0 Å². The molecule has 0 aromatic heterocycles. The van der Waals surface area contributed by atoms with Crippen molar-refractivity contribution in [3.63, 3.8) is 0 Å². The van der Waals surface area contributed by atoms with Gasteiger partial charge in [-0.05, 0) is 55.7 Å². The number of hydrogen-bond donors (Lipinski definition) is 6. The molecule has 10 nitrogen and oxygen atoms in total. The first-order valence-electron chi connectivity index (χ1n) is 10.6. The lowest BCUT2D eigenvalue weighted by atomic mass is 9.79. The number of aliphatic carboxylic acids is 1. The highest BCUT2D eigenvalue weighted by Crippen LogP contribution is 2.09. The molecule has 14 heteroatoms. The van der Waals surface area contributed by atoms with Crippen LogP contribution < -0.4 is 16.2 Å². The number of nitrogens with one attached hydrogen (secondary N) is 1. The van der Waals surface area contributed by atoms with Gasteiger partial charge in [-0.15, -0.1) is 0 Å². The zero-order chi connectivity index (χ0) is 26.1. The number of nitrogens with zero attached hydrogens (tertiary/aromatic N) is 1. The highest BCUT2D eigenvalue weighted by atomic mass is 19.1. The van der Waals surface area contributed by atoms with Gasteiger partial charge in [0.2, 0.25) is 0 Å². The number of carboxylic acids is 1. The van der Waals surface area contributed by atoms with Crippen molar-refractivity contribution in [3.05, 3.63) is 59.2 Å². The molecule has 0 bridgehead atoms. The second-order valence-corrected chi connectivity index (χ2v) is 7.66. The minimum atomic E-state index is -2.14. The molecule has 0 radical (unpaired) electrons. The van der Waals surface area contributed by atoms with Crippen LogP contribution in [0.3, 0.4) is 0 Å². The summed E-state index contributed by atoms with van der Waals surface area (Å²) in [6.07, 6.45) is 1.34. The molecule has 0 aliphatic rings. The van der Waals surface area contributed by atoms with Crippen LogP contribution in [0.15, 0.2) is 36.4 Å². The summed E-state index contributed by atoms with van der Waals surface area (Å²) in [6, 6.07) is 6.12. The lowest BCUT2D eigenvalue weighted by molar-refractivity contribution is -0.137. The fraction of sp³-hybridized carbons (Fsp3) is 0.286. The van der Waals surface area contributed by atoms with E-state index >= 15 is 0 Å². The number of halogens is 2. The maximum Gasteiger partial charge on any atom is 0.491 e. The van der Waals surface area contributed by atoms with Crippen LogP contribution in [0.2, 0.25) is 0 Å². The zero-order valence-electron chi connectivity index (χ0n) is 18.5. The summed E-state index contributed by atoms with van der Waals surface area (Å²) in [5, 5.41) is 48.4. The number of benzene rings is 2. The summed E-state index contributed by atoms with van der Waals surface area (Å²) in [6.45, 7) is -0.355. The third kappa shape index (κ3) is 8.14. The minimum absolute atomic E-state index is 0.0411. The zero-order valence-corrected chi connectivity index (χ0v) is 18.5. The quantitative estimate of drug-likeness (QED) is 0.153. The summed E-state index contributed by atoms with van der Waals surface area (Å²) >= 11 is 0. The maximum absolute atomic E-state index is 13.6. The van der Waals surface area contributed by atoms with E-state index in [1.165, 1.54) is 6.07 Å². The largest absolute Gasteiger partial charge is 0.491 e. The summed E-state index contributed by atoms with van der Waals surface area (Å²) in [5.41, 5.74) is -1.000. The van der Waals surface area contributed by atoms with E-state index < -0.39 is 61.1 Å². The van der Waals surface area contributed by atoms with Crippen molar-refractivity contribution in [2.75, 3.05) is 19.6 Å². The molecule has 2 amide bonds. The van der Waals surface area contributed by atoms with Gasteiger partial charge in [-0.25, -0.2) is 8.78 Å². The number of hydrogen-bond acceptors (Lipinski definition) is 7. The summed E-state index contributed by atoms with van der Waals surface area (Å²) in [5.74, 6) is -4.32. The molecule has 0 unspecified atom stereocenters. The number of unbranched alkanes of at least 4 members (excludes halogenated alkanes) is 2.